The van der Waals surface area contributed by atoms with E-state index in [1.54, 1.807) is 13.0 Å². The maximum Gasteiger partial charge on any atom is 0.235 e. The highest BCUT2D eigenvalue weighted by molar-refractivity contribution is 6.64. The van der Waals surface area contributed by atoms with E-state index in [-0.39, 0.29) is 6.54 Å². The Hall–Kier alpha value is -0.420. The molecule has 0 aromatic carbocycles. The molecule has 12 heavy (non-hydrogen) atoms. The van der Waals surface area contributed by atoms with Gasteiger partial charge in [0.25, 0.3) is 0 Å². The first-order chi connectivity index (χ1) is 5.38. The molecule has 0 spiro atoms. The second-order valence-corrected chi connectivity index (χ2v) is 3.17. The molecular weight excluding hydrogens is 178 g/mol. The lowest BCUT2D eigenvalue weighted by Gasteiger charge is -2.32. The second-order valence-electron chi connectivity index (χ2n) is 2.75. The van der Waals surface area contributed by atoms with E-state index < -0.39 is 11.0 Å². The van der Waals surface area contributed by atoms with Crippen LogP contribution in [0.15, 0.2) is 12.7 Å². The molecule has 0 radical (unpaired) electrons. The molecule has 0 unspecified atom stereocenters. The number of nitrogens with zero attached hydrogens (tertiary/aromatic N) is 1. The first-order valence-corrected chi connectivity index (χ1v) is 3.87. The molecule has 0 aliphatic heterocycles. The number of halogens is 1. The van der Waals surface area contributed by atoms with Gasteiger partial charge < -0.3 is 11.5 Å². The predicted molar refractivity (Wildman–Crippen MR) is 49.4 cm³/mol. The number of rotatable bonds is 5. The second kappa shape index (κ2) is 4.57. The van der Waals surface area contributed by atoms with Crippen molar-refractivity contribution in [3.05, 3.63) is 12.7 Å². The summed E-state index contributed by atoms with van der Waals surface area (Å²) < 4.78 is 0. The van der Waals surface area contributed by atoms with Gasteiger partial charge in [0.2, 0.25) is 5.24 Å². The lowest BCUT2D eigenvalue weighted by molar-refractivity contribution is -0.113. The van der Waals surface area contributed by atoms with E-state index in [9.17, 15) is 4.79 Å². The zero-order chi connectivity index (χ0) is 9.78. The molecule has 0 aliphatic rings. The Labute approximate surface area is 77.1 Å². The fraction of sp³-hybridized carbons (Fsp3) is 0.571. The average molecular weight is 192 g/mol. The van der Waals surface area contributed by atoms with E-state index in [1.165, 1.54) is 4.90 Å². The van der Waals surface area contributed by atoms with Gasteiger partial charge in [-0.1, -0.05) is 6.08 Å². The van der Waals surface area contributed by atoms with Crippen molar-refractivity contribution in [2.24, 2.45) is 11.5 Å². The van der Waals surface area contributed by atoms with Crippen LogP contribution in [0.3, 0.4) is 0 Å². The van der Waals surface area contributed by atoms with Crippen molar-refractivity contribution >= 4 is 16.8 Å². The van der Waals surface area contributed by atoms with Crippen LogP contribution in [0.25, 0.3) is 0 Å². The fourth-order valence-electron chi connectivity index (χ4n) is 0.737. The molecule has 0 bridgehead atoms. The van der Waals surface area contributed by atoms with Crippen molar-refractivity contribution in [3.63, 3.8) is 0 Å². The van der Waals surface area contributed by atoms with Crippen molar-refractivity contribution < 1.29 is 4.79 Å². The van der Waals surface area contributed by atoms with Crippen LogP contribution in [-0.4, -0.2) is 29.0 Å². The molecule has 0 heterocycles. The van der Waals surface area contributed by atoms with Gasteiger partial charge in [-0.15, -0.1) is 6.58 Å². The normalized spacial score (nSPS) is 11.8. The van der Waals surface area contributed by atoms with E-state index in [1.807, 2.05) is 0 Å². The zero-order valence-electron chi connectivity index (χ0n) is 7.09. The first-order valence-electron chi connectivity index (χ1n) is 3.50. The molecule has 70 valence electrons. The van der Waals surface area contributed by atoms with Crippen molar-refractivity contribution in [1.82, 2.24) is 4.90 Å². The molecule has 0 aromatic heterocycles. The van der Waals surface area contributed by atoms with Crippen LogP contribution >= 0.6 is 11.6 Å². The zero-order valence-corrected chi connectivity index (χ0v) is 7.84. The minimum absolute atomic E-state index is 0.0249. The third-order valence-corrected chi connectivity index (χ3v) is 1.47. The molecular formula is C7H14ClN3O. The van der Waals surface area contributed by atoms with E-state index >= 15 is 0 Å². The van der Waals surface area contributed by atoms with Crippen molar-refractivity contribution in [2.75, 3.05) is 13.1 Å². The van der Waals surface area contributed by atoms with Gasteiger partial charge in [-0.05, 0) is 18.5 Å². The van der Waals surface area contributed by atoms with Crippen molar-refractivity contribution in [3.8, 4) is 0 Å². The van der Waals surface area contributed by atoms with Crippen LogP contribution in [-0.2, 0) is 4.79 Å². The lowest BCUT2D eigenvalue weighted by atomic mass is 10.3. The monoisotopic (exact) mass is 191 g/mol. The topological polar surface area (TPSA) is 72.3 Å². The van der Waals surface area contributed by atoms with Gasteiger partial charge in [0.1, 0.15) is 5.79 Å². The number of nitrogens with two attached hydrogens (primary N) is 2. The highest BCUT2D eigenvalue weighted by atomic mass is 35.5. The summed E-state index contributed by atoms with van der Waals surface area (Å²) in [5.74, 6) is -1.04. The quantitative estimate of drug-likeness (QED) is 0.360. The molecule has 4 N–H and O–H groups in total. The van der Waals surface area contributed by atoms with Gasteiger partial charge in [0.15, 0.2) is 0 Å². The number of hydrogen-bond acceptors (Lipinski definition) is 4. The van der Waals surface area contributed by atoms with Crippen LogP contribution in [0, 0.1) is 0 Å². The summed E-state index contributed by atoms with van der Waals surface area (Å²) in [6.07, 6.45) is 1.61. The number of carbonyl (C=O) groups excluding carboxylic acids is 1. The van der Waals surface area contributed by atoms with Gasteiger partial charge in [-0.3, -0.25) is 9.69 Å². The largest absolute Gasteiger partial charge is 0.301 e. The van der Waals surface area contributed by atoms with Crippen LogP contribution < -0.4 is 11.5 Å². The third kappa shape index (κ3) is 4.46. The summed E-state index contributed by atoms with van der Waals surface area (Å²) in [4.78, 5) is 12.1. The van der Waals surface area contributed by atoms with Crippen LogP contribution in [0.1, 0.15) is 6.92 Å². The summed E-state index contributed by atoms with van der Waals surface area (Å²) in [7, 11) is 0. The maximum absolute atomic E-state index is 10.6. The number of hydrogen-bond donors (Lipinski definition) is 2. The molecule has 0 amide bonds. The summed E-state index contributed by atoms with van der Waals surface area (Å²) in [5, 5.41) is -0.487. The van der Waals surface area contributed by atoms with Crippen molar-refractivity contribution in [1.29, 1.82) is 0 Å². The Kier molecular flexibility index (Phi) is 4.41. The molecule has 4 nitrogen and oxygen atoms in total. The van der Waals surface area contributed by atoms with Crippen LogP contribution in [0.2, 0.25) is 0 Å². The molecule has 0 saturated heterocycles. The molecule has 0 aromatic rings. The minimum Gasteiger partial charge on any atom is -0.301 e. The van der Waals surface area contributed by atoms with Crippen LogP contribution in [0.5, 0.6) is 0 Å². The van der Waals surface area contributed by atoms with Gasteiger partial charge in [0, 0.05) is 6.54 Å². The Morgan fingerprint density at radius 1 is 1.75 bits per heavy atom. The summed E-state index contributed by atoms with van der Waals surface area (Å²) >= 11 is 5.19. The summed E-state index contributed by atoms with van der Waals surface area (Å²) in [6, 6.07) is 0. The maximum atomic E-state index is 10.6. The summed E-state index contributed by atoms with van der Waals surface area (Å²) in [5.41, 5.74) is 11.1. The van der Waals surface area contributed by atoms with E-state index in [0.29, 0.717) is 6.54 Å². The van der Waals surface area contributed by atoms with Gasteiger partial charge in [-0.2, -0.15) is 0 Å². The SMILES string of the molecule is C=CCN(CC(=O)Cl)C(C)(N)N. The number of carbonyl (C=O) groups is 1. The lowest BCUT2D eigenvalue weighted by Crippen LogP contribution is -2.61. The molecule has 0 fully saturated rings. The Bertz CT molecular complexity index is 176. The first kappa shape index (κ1) is 11.6. The van der Waals surface area contributed by atoms with Crippen molar-refractivity contribution in [2.45, 2.75) is 12.7 Å². The van der Waals surface area contributed by atoms with E-state index in [4.69, 9.17) is 23.1 Å². The van der Waals surface area contributed by atoms with Gasteiger partial charge in [-0.25, -0.2) is 0 Å². The van der Waals surface area contributed by atoms with Gasteiger partial charge >= 0.3 is 0 Å². The van der Waals surface area contributed by atoms with E-state index in [2.05, 4.69) is 6.58 Å². The molecule has 0 aliphatic carbocycles. The Balaban J connectivity index is 4.22. The standard InChI is InChI=1S/C7H14ClN3O/c1-3-4-11(5-6(8)12)7(2,9)10/h3H,1,4-5,9-10H2,2H3. The molecule has 0 atom stereocenters. The van der Waals surface area contributed by atoms with E-state index in [0.717, 1.165) is 0 Å². The highest BCUT2D eigenvalue weighted by Crippen LogP contribution is 2.01. The molecule has 0 rings (SSSR count). The Morgan fingerprint density at radius 3 is 2.50 bits per heavy atom. The smallest absolute Gasteiger partial charge is 0.235 e. The minimum atomic E-state index is -1.04. The fourth-order valence-corrected chi connectivity index (χ4v) is 0.882. The molecule has 0 saturated carbocycles. The third-order valence-electron chi connectivity index (χ3n) is 1.35. The van der Waals surface area contributed by atoms with Crippen LogP contribution in [0.4, 0.5) is 0 Å². The predicted octanol–water partition coefficient (Wildman–Crippen LogP) is -0.169. The Morgan fingerprint density at radius 2 is 2.25 bits per heavy atom. The summed E-state index contributed by atoms with van der Waals surface area (Å²) in [6.45, 7) is 5.57. The average Bonchev–Trinajstić information content (AvgIpc) is 1.83. The molecule has 5 heteroatoms. The highest BCUT2D eigenvalue weighted by Gasteiger charge is 2.22. The van der Waals surface area contributed by atoms with Gasteiger partial charge in [0.05, 0.1) is 6.54 Å².